The molecule has 6 nitrogen and oxygen atoms in total. The summed E-state index contributed by atoms with van der Waals surface area (Å²) in [6.07, 6.45) is 63.8. The van der Waals surface area contributed by atoms with Crippen LogP contribution in [-0.2, 0) is 28.6 Å². The average Bonchev–Trinajstić information content (AvgIpc) is 3.29. The van der Waals surface area contributed by atoms with Crippen LogP contribution in [0.25, 0.3) is 0 Å². The minimum absolute atomic E-state index is 0.0793. The minimum Gasteiger partial charge on any atom is -0.462 e. The van der Waals surface area contributed by atoms with E-state index in [0.29, 0.717) is 19.3 Å². The first-order chi connectivity index (χ1) is 31.5. The first kappa shape index (κ1) is 61.4. The molecule has 0 fully saturated rings. The molecular formula is C58H104O6. The standard InChI is InChI=1S/C58H104O6/c1-4-7-10-13-16-19-22-25-27-28-29-30-32-33-36-39-42-45-48-51-57(60)63-54-55(53-62-56(59)50-47-44-41-38-35-24-21-18-15-12-9-6-3)64-58(61)52-49-46-43-40-37-34-31-26-23-20-17-14-11-8-5-2/h16,18-19,21,25,27,29-30,55H,4-15,17,20,22-24,26,28,31-54H2,1-3H3/b19-16-,21-18-,27-25-,30-29-. The molecule has 0 aromatic heterocycles. The predicted molar refractivity (Wildman–Crippen MR) is 275 cm³/mol. The van der Waals surface area contributed by atoms with Crippen LogP contribution in [0.15, 0.2) is 48.6 Å². The Balaban J connectivity index is 4.36. The fourth-order valence-corrected chi connectivity index (χ4v) is 7.86. The Hall–Kier alpha value is -2.63. The minimum atomic E-state index is -0.779. The second kappa shape index (κ2) is 53.0. The van der Waals surface area contributed by atoms with Crippen molar-refractivity contribution in [2.24, 2.45) is 0 Å². The van der Waals surface area contributed by atoms with Gasteiger partial charge in [-0.1, -0.05) is 230 Å². The van der Waals surface area contributed by atoms with Crippen LogP contribution in [-0.4, -0.2) is 37.2 Å². The molecule has 6 heteroatoms. The Morgan fingerprint density at radius 3 is 0.922 bits per heavy atom. The molecule has 0 radical (unpaired) electrons. The molecule has 0 spiro atoms. The molecule has 0 bridgehead atoms. The van der Waals surface area contributed by atoms with E-state index in [-0.39, 0.29) is 31.1 Å². The molecule has 0 saturated carbocycles. The molecule has 0 aromatic rings. The van der Waals surface area contributed by atoms with Gasteiger partial charge in [0.05, 0.1) is 0 Å². The zero-order valence-corrected chi connectivity index (χ0v) is 42.6. The number of unbranched alkanes of at least 4 members (excludes halogenated alkanes) is 31. The van der Waals surface area contributed by atoms with E-state index in [1.54, 1.807) is 0 Å². The second-order valence-electron chi connectivity index (χ2n) is 18.5. The van der Waals surface area contributed by atoms with E-state index in [0.717, 1.165) is 83.5 Å². The van der Waals surface area contributed by atoms with Gasteiger partial charge in [-0.2, -0.15) is 0 Å². The van der Waals surface area contributed by atoms with E-state index in [2.05, 4.69) is 69.4 Å². The summed E-state index contributed by atoms with van der Waals surface area (Å²) in [4.78, 5) is 38.0. The van der Waals surface area contributed by atoms with Crippen LogP contribution in [0.3, 0.4) is 0 Å². The molecule has 372 valence electrons. The van der Waals surface area contributed by atoms with Gasteiger partial charge in [-0.05, 0) is 83.5 Å². The quantitative estimate of drug-likeness (QED) is 0.0262. The van der Waals surface area contributed by atoms with Crippen LogP contribution in [0.4, 0.5) is 0 Å². The smallest absolute Gasteiger partial charge is 0.306 e. The molecule has 64 heavy (non-hydrogen) atoms. The normalized spacial score (nSPS) is 12.4. The number of hydrogen-bond donors (Lipinski definition) is 0. The Morgan fingerprint density at radius 1 is 0.312 bits per heavy atom. The van der Waals surface area contributed by atoms with Gasteiger partial charge in [0.25, 0.3) is 0 Å². The lowest BCUT2D eigenvalue weighted by molar-refractivity contribution is -0.167. The average molecular weight is 897 g/mol. The lowest BCUT2D eigenvalue weighted by Gasteiger charge is -2.18. The highest BCUT2D eigenvalue weighted by molar-refractivity contribution is 5.71. The second-order valence-corrected chi connectivity index (χ2v) is 18.5. The first-order valence-electron chi connectivity index (χ1n) is 27.6. The van der Waals surface area contributed by atoms with Crippen molar-refractivity contribution in [2.45, 2.75) is 290 Å². The van der Waals surface area contributed by atoms with Crippen molar-refractivity contribution in [3.05, 3.63) is 48.6 Å². The van der Waals surface area contributed by atoms with Crippen molar-refractivity contribution in [1.29, 1.82) is 0 Å². The van der Waals surface area contributed by atoms with E-state index < -0.39 is 6.10 Å². The van der Waals surface area contributed by atoms with Crippen LogP contribution < -0.4 is 0 Å². The molecule has 0 aromatic carbocycles. The molecular weight excluding hydrogens is 793 g/mol. The molecule has 0 aliphatic heterocycles. The molecule has 0 aliphatic carbocycles. The molecule has 1 unspecified atom stereocenters. The van der Waals surface area contributed by atoms with Crippen molar-refractivity contribution in [3.8, 4) is 0 Å². The number of ether oxygens (including phenoxy) is 3. The maximum Gasteiger partial charge on any atom is 0.306 e. The predicted octanol–water partition coefficient (Wildman–Crippen LogP) is 18.3. The van der Waals surface area contributed by atoms with E-state index in [9.17, 15) is 14.4 Å². The zero-order valence-electron chi connectivity index (χ0n) is 42.6. The molecule has 0 aliphatic rings. The monoisotopic (exact) mass is 897 g/mol. The Morgan fingerprint density at radius 2 is 0.562 bits per heavy atom. The SMILES string of the molecule is CCCCC/C=C\C/C=C\C/C=C\CCCCCCCCC(=O)OCC(COC(=O)CCCCCCC/C=C\CCCCC)OC(=O)CCCCCCCCCCCCCCCCC. The number of rotatable bonds is 50. The van der Waals surface area contributed by atoms with Crippen molar-refractivity contribution >= 4 is 17.9 Å². The highest BCUT2D eigenvalue weighted by Gasteiger charge is 2.19. The van der Waals surface area contributed by atoms with Gasteiger partial charge < -0.3 is 14.2 Å². The van der Waals surface area contributed by atoms with Gasteiger partial charge in [0.15, 0.2) is 6.10 Å². The summed E-state index contributed by atoms with van der Waals surface area (Å²) in [7, 11) is 0. The van der Waals surface area contributed by atoms with Gasteiger partial charge in [0, 0.05) is 19.3 Å². The number of hydrogen-bond acceptors (Lipinski definition) is 6. The lowest BCUT2D eigenvalue weighted by Crippen LogP contribution is -2.30. The zero-order chi connectivity index (χ0) is 46.5. The van der Waals surface area contributed by atoms with Crippen molar-refractivity contribution in [2.75, 3.05) is 13.2 Å². The molecule has 0 rings (SSSR count). The molecule has 0 heterocycles. The summed E-state index contributed by atoms with van der Waals surface area (Å²) in [5, 5.41) is 0. The van der Waals surface area contributed by atoms with Gasteiger partial charge in [-0.25, -0.2) is 0 Å². The van der Waals surface area contributed by atoms with Crippen LogP contribution >= 0.6 is 0 Å². The highest BCUT2D eigenvalue weighted by Crippen LogP contribution is 2.16. The fraction of sp³-hybridized carbons (Fsp3) is 0.810. The third-order valence-electron chi connectivity index (χ3n) is 12.1. The topological polar surface area (TPSA) is 78.9 Å². The number of esters is 3. The third-order valence-corrected chi connectivity index (χ3v) is 12.1. The summed E-state index contributed by atoms with van der Waals surface area (Å²) in [6, 6.07) is 0. The first-order valence-corrected chi connectivity index (χ1v) is 27.6. The van der Waals surface area contributed by atoms with Gasteiger partial charge in [-0.15, -0.1) is 0 Å². The number of carbonyl (C=O) groups is 3. The third kappa shape index (κ3) is 50.4. The van der Waals surface area contributed by atoms with Crippen LogP contribution in [0.2, 0.25) is 0 Å². The fourth-order valence-electron chi connectivity index (χ4n) is 7.86. The summed E-state index contributed by atoms with van der Waals surface area (Å²) in [5.41, 5.74) is 0. The van der Waals surface area contributed by atoms with Gasteiger partial charge in [0.1, 0.15) is 13.2 Å². The summed E-state index contributed by atoms with van der Waals surface area (Å²) < 4.78 is 16.8. The molecule has 0 N–H and O–H groups in total. The van der Waals surface area contributed by atoms with E-state index in [1.165, 1.54) is 161 Å². The molecule has 1 atom stereocenters. The Bertz CT molecular complexity index is 1120. The van der Waals surface area contributed by atoms with Gasteiger partial charge in [-0.3, -0.25) is 14.4 Å². The lowest BCUT2D eigenvalue weighted by atomic mass is 10.0. The summed E-state index contributed by atoms with van der Waals surface area (Å²) >= 11 is 0. The largest absolute Gasteiger partial charge is 0.462 e. The number of carbonyl (C=O) groups excluding carboxylic acids is 3. The number of allylic oxidation sites excluding steroid dienone is 8. The van der Waals surface area contributed by atoms with Gasteiger partial charge in [0.2, 0.25) is 0 Å². The van der Waals surface area contributed by atoms with E-state index in [4.69, 9.17) is 14.2 Å². The van der Waals surface area contributed by atoms with Crippen LogP contribution in [0.5, 0.6) is 0 Å². The van der Waals surface area contributed by atoms with Crippen molar-refractivity contribution in [1.82, 2.24) is 0 Å². The maximum atomic E-state index is 12.8. The van der Waals surface area contributed by atoms with Crippen molar-refractivity contribution in [3.63, 3.8) is 0 Å². The molecule has 0 amide bonds. The summed E-state index contributed by atoms with van der Waals surface area (Å²) in [5.74, 6) is -0.889. The van der Waals surface area contributed by atoms with Crippen LogP contribution in [0.1, 0.15) is 284 Å². The van der Waals surface area contributed by atoms with E-state index >= 15 is 0 Å². The van der Waals surface area contributed by atoms with E-state index in [1.807, 2.05) is 0 Å². The highest BCUT2D eigenvalue weighted by atomic mass is 16.6. The Kier molecular flexibility index (Phi) is 50.8. The molecule has 0 saturated heterocycles. The van der Waals surface area contributed by atoms with Crippen molar-refractivity contribution < 1.29 is 28.6 Å². The van der Waals surface area contributed by atoms with Crippen LogP contribution in [0, 0.1) is 0 Å². The van der Waals surface area contributed by atoms with Gasteiger partial charge >= 0.3 is 17.9 Å². The summed E-state index contributed by atoms with van der Waals surface area (Å²) in [6.45, 7) is 6.59. The Labute approximate surface area is 397 Å². The maximum absolute atomic E-state index is 12.8.